The van der Waals surface area contributed by atoms with Crippen LogP contribution in [-0.2, 0) is 47.7 Å². The molecule has 0 atom stereocenters. The van der Waals surface area contributed by atoms with E-state index in [1.807, 2.05) is 28.2 Å². The van der Waals surface area contributed by atoms with Crippen molar-refractivity contribution in [2.45, 2.75) is 362 Å². The van der Waals surface area contributed by atoms with Crippen LogP contribution in [0.15, 0.2) is 0 Å². The summed E-state index contributed by atoms with van der Waals surface area (Å²) in [5.41, 5.74) is 0. The Kier molecular flexibility index (Phi) is 85.2. The number of carbonyl (C=O) groups is 6. The third-order valence-electron chi connectivity index (χ3n) is 18.1. The molecule has 0 fully saturated rings. The molecule has 2 amide bonds. The zero-order valence-corrected chi connectivity index (χ0v) is 68.5. The van der Waals surface area contributed by atoms with Gasteiger partial charge in [0.2, 0.25) is 11.8 Å². The molecule has 0 unspecified atom stereocenters. The first-order chi connectivity index (χ1) is 47.1. The zero-order chi connectivity index (χ0) is 72.2. The van der Waals surface area contributed by atoms with Crippen LogP contribution in [0.4, 0.5) is 0 Å². The minimum atomic E-state index is -0.209. The molecule has 0 radical (unpaired) electrons. The number of hydrogen-bond acceptors (Lipinski definition) is 13. The van der Waals surface area contributed by atoms with E-state index in [0.717, 1.165) is 83.7 Å². The number of rotatable bonds is 71. The van der Waals surface area contributed by atoms with E-state index in [4.69, 9.17) is 24.1 Å². The second-order valence-corrected chi connectivity index (χ2v) is 29.1. The second-order valence-electron chi connectivity index (χ2n) is 28.3. The summed E-state index contributed by atoms with van der Waals surface area (Å²) in [6.45, 7) is 13.5. The van der Waals surface area contributed by atoms with Gasteiger partial charge in [-0.3, -0.25) is 28.8 Å². The number of alkyl halides is 1. The van der Waals surface area contributed by atoms with Crippen molar-refractivity contribution in [2.24, 2.45) is 0 Å². The summed E-state index contributed by atoms with van der Waals surface area (Å²) in [6.07, 6.45) is 58.6. The highest BCUT2D eigenvalue weighted by molar-refractivity contribution is 9.09. The molecule has 0 aliphatic heterocycles. The van der Waals surface area contributed by atoms with E-state index in [2.05, 4.69) is 48.5 Å². The van der Waals surface area contributed by atoms with Crippen molar-refractivity contribution in [2.75, 3.05) is 119 Å². The van der Waals surface area contributed by atoms with Crippen LogP contribution in [0.2, 0.25) is 0 Å². The van der Waals surface area contributed by atoms with Gasteiger partial charge in [0.05, 0.1) is 60.0 Å². The van der Waals surface area contributed by atoms with Gasteiger partial charge in [0.15, 0.2) is 0 Å². The Hall–Kier alpha value is -2.38. The Labute approximate surface area is 622 Å². The molecule has 2 N–H and O–H groups in total. The highest BCUT2D eigenvalue weighted by atomic mass is 79.9. The number of aliphatic hydroxyl groups excluding tert-OH is 2. The number of ether oxygens (including phenoxy) is 4. The number of halogens is 2. The molecule has 0 bridgehead atoms. The first-order valence-electron chi connectivity index (χ1n) is 40.5. The van der Waals surface area contributed by atoms with E-state index in [9.17, 15) is 33.9 Å². The lowest BCUT2D eigenvalue weighted by Gasteiger charge is -2.29. The van der Waals surface area contributed by atoms with Crippen molar-refractivity contribution in [1.82, 2.24) is 14.7 Å². The standard InChI is InChI=1S/C40H79N2O6.C38H74N2O5.C2H5BrO.BrH/c1-5-7-9-11-13-15-17-19-21-23-25-29-39(45)47-36-31-41(38(44)28-27-33-42(3,4)34-35-43)32-37-48-40(46)30-26-24-22-20-18-16-14-12-10-8-6-2;1-5-7-9-11-13-15-17-19-21-23-25-29-37(42)44-34-32-40(36(41)28-27-31-39(3)4)33-35-45-38(43)30-26-24-22-20-18-16-14-12-10-8-6-2;3-1-2-4;/h43H,5-37H2,1-4H3;5-35H2,1-4H3;4H,1-2H2;1H/q+1;;;. The molecule has 0 aromatic heterocycles. The molecular weight excluding hydrogens is 1370 g/mol. The fraction of sp³-hybridized carbons (Fsp3) is 0.925. The Morgan fingerprint density at radius 3 is 0.724 bits per heavy atom. The highest BCUT2D eigenvalue weighted by Gasteiger charge is 2.20. The first-order valence-corrected chi connectivity index (χ1v) is 41.6. The number of quaternary nitrogens is 1. The average Bonchev–Trinajstić information content (AvgIpc) is 1.18. The van der Waals surface area contributed by atoms with E-state index in [1.54, 1.807) is 9.80 Å². The lowest BCUT2D eigenvalue weighted by Crippen LogP contribution is -2.43. The summed E-state index contributed by atoms with van der Waals surface area (Å²) >= 11 is 3.00. The largest absolute Gasteiger partial charge is 0.464 e. The number of hydrogen-bond donors (Lipinski definition) is 2. The molecule has 0 aliphatic rings. The number of aliphatic hydroxyl groups is 2. The molecule has 18 heteroatoms. The van der Waals surface area contributed by atoms with Crippen LogP contribution in [0.3, 0.4) is 0 Å². The van der Waals surface area contributed by atoms with Gasteiger partial charge in [-0.15, -0.1) is 17.0 Å². The van der Waals surface area contributed by atoms with Crippen LogP contribution in [-0.4, -0.2) is 184 Å². The Morgan fingerprint density at radius 1 is 0.306 bits per heavy atom. The molecule has 98 heavy (non-hydrogen) atoms. The molecular formula is C80H159Br2N4O12+. The molecule has 0 saturated carbocycles. The first kappa shape index (κ1) is 102. The second kappa shape index (κ2) is 81.9. The van der Waals surface area contributed by atoms with Gasteiger partial charge in [0, 0.05) is 50.3 Å². The molecule has 0 aliphatic carbocycles. The highest BCUT2D eigenvalue weighted by Crippen LogP contribution is 2.17. The van der Waals surface area contributed by atoms with Gasteiger partial charge >= 0.3 is 23.9 Å². The Bertz CT molecular complexity index is 1640. The lowest BCUT2D eigenvalue weighted by atomic mass is 10.1. The van der Waals surface area contributed by atoms with E-state index in [-0.39, 0.29) is 92.3 Å². The van der Waals surface area contributed by atoms with Crippen LogP contribution in [0.25, 0.3) is 0 Å². The fourth-order valence-corrected chi connectivity index (χ4v) is 11.7. The van der Waals surface area contributed by atoms with Crippen LogP contribution in [0.1, 0.15) is 362 Å². The van der Waals surface area contributed by atoms with Crippen molar-refractivity contribution < 1.29 is 62.4 Å². The molecule has 0 aromatic rings. The van der Waals surface area contributed by atoms with E-state index in [1.165, 1.54) is 218 Å². The van der Waals surface area contributed by atoms with Gasteiger partial charge in [-0.2, -0.15) is 0 Å². The third-order valence-corrected chi connectivity index (χ3v) is 18.4. The summed E-state index contributed by atoms with van der Waals surface area (Å²) in [7, 11) is 8.07. The molecule has 0 spiro atoms. The van der Waals surface area contributed by atoms with Crippen molar-refractivity contribution in [3.63, 3.8) is 0 Å². The van der Waals surface area contributed by atoms with Gasteiger partial charge in [-0.25, -0.2) is 0 Å². The van der Waals surface area contributed by atoms with Gasteiger partial charge in [0.1, 0.15) is 33.0 Å². The number of unbranched alkanes of at least 4 members (excludes halogenated alkanes) is 40. The Balaban J connectivity index is -0.000000847. The molecule has 0 heterocycles. The van der Waals surface area contributed by atoms with Gasteiger partial charge in [0.25, 0.3) is 0 Å². The maximum Gasteiger partial charge on any atom is 0.305 e. The topological polar surface area (TPSA) is 190 Å². The number of nitrogens with zero attached hydrogens (tertiary/aromatic N) is 4. The van der Waals surface area contributed by atoms with Crippen molar-refractivity contribution in [3.8, 4) is 0 Å². The monoisotopic (exact) mass is 1530 g/mol. The summed E-state index contributed by atoms with van der Waals surface area (Å²) in [5.74, 6) is -0.810. The van der Waals surface area contributed by atoms with E-state index in [0.29, 0.717) is 87.5 Å². The van der Waals surface area contributed by atoms with Gasteiger partial charge in [-0.1, -0.05) is 300 Å². The molecule has 16 nitrogen and oxygen atoms in total. The molecule has 584 valence electrons. The predicted octanol–water partition coefficient (Wildman–Crippen LogP) is 19.7. The molecule has 0 rings (SSSR count). The van der Waals surface area contributed by atoms with E-state index >= 15 is 0 Å². The van der Waals surface area contributed by atoms with Crippen LogP contribution >= 0.6 is 32.9 Å². The SMILES string of the molecule is Br.CCCCCCCCCCCCCC(=O)OCCN(CCOC(=O)CCCCCCCCCCCCC)C(=O)CCCN(C)C.CCCCCCCCCCCCCC(=O)OCCN(CCOC(=O)CCCCCCCCCCCCC)C(=O)CCC[N+](C)(C)CCO.OCCBr. The maximum atomic E-state index is 13.1. The van der Waals surface area contributed by atoms with Crippen LogP contribution in [0, 0.1) is 0 Å². The molecule has 0 saturated heterocycles. The minimum Gasteiger partial charge on any atom is -0.464 e. The number of amides is 2. The molecule has 0 aromatic carbocycles. The van der Waals surface area contributed by atoms with Gasteiger partial charge in [-0.05, 0) is 52.7 Å². The maximum absolute atomic E-state index is 13.1. The van der Waals surface area contributed by atoms with Crippen molar-refractivity contribution >= 4 is 68.6 Å². The van der Waals surface area contributed by atoms with E-state index < -0.39 is 0 Å². The quantitative estimate of drug-likeness (QED) is 0.0193. The normalized spacial score (nSPS) is 11.1. The fourth-order valence-electron chi connectivity index (χ4n) is 11.7. The number of carbonyl (C=O) groups excluding carboxylic acids is 6. The number of likely N-dealkylation sites (N-methyl/N-ethyl adjacent to an activating group) is 1. The van der Waals surface area contributed by atoms with Crippen LogP contribution in [0.5, 0.6) is 0 Å². The lowest BCUT2D eigenvalue weighted by molar-refractivity contribution is -0.890. The van der Waals surface area contributed by atoms with Crippen molar-refractivity contribution in [1.29, 1.82) is 0 Å². The summed E-state index contributed by atoms with van der Waals surface area (Å²) < 4.78 is 22.5. The van der Waals surface area contributed by atoms with Crippen LogP contribution < -0.4 is 0 Å². The summed E-state index contributed by atoms with van der Waals surface area (Å²) in [6, 6.07) is 0. The smallest absolute Gasteiger partial charge is 0.305 e. The van der Waals surface area contributed by atoms with Crippen molar-refractivity contribution in [3.05, 3.63) is 0 Å². The Morgan fingerprint density at radius 2 is 0.520 bits per heavy atom. The van der Waals surface area contributed by atoms with Gasteiger partial charge < -0.3 is 48.3 Å². The minimum absolute atomic E-state index is 0. The predicted molar refractivity (Wildman–Crippen MR) is 418 cm³/mol. The zero-order valence-electron chi connectivity index (χ0n) is 65.2. The summed E-state index contributed by atoms with van der Waals surface area (Å²) in [5, 5.41) is 17.8. The third kappa shape index (κ3) is 80.9. The average molecular weight is 1530 g/mol. The number of esters is 4. The summed E-state index contributed by atoms with van der Waals surface area (Å²) in [4.78, 5) is 80.5.